The van der Waals surface area contributed by atoms with Crippen LogP contribution in [-0.4, -0.2) is 42.3 Å². The number of hydrogen-bond acceptors (Lipinski definition) is 3. The topological polar surface area (TPSA) is 49.9 Å². The Kier molecular flexibility index (Phi) is 5.88. The molecular weight excluding hydrogens is 430 g/mol. The molecule has 1 fully saturated rings. The third kappa shape index (κ3) is 4.44. The van der Waals surface area contributed by atoms with Gasteiger partial charge in [-0.1, -0.05) is 30.3 Å². The van der Waals surface area contributed by atoms with Crippen LogP contribution >= 0.6 is 0 Å². The van der Waals surface area contributed by atoms with Gasteiger partial charge < -0.3 is 9.64 Å². The van der Waals surface area contributed by atoms with E-state index in [4.69, 9.17) is 4.74 Å². The van der Waals surface area contributed by atoms with Crippen LogP contribution in [-0.2, 0) is 11.3 Å². The van der Waals surface area contributed by atoms with Crippen molar-refractivity contribution in [1.82, 2.24) is 4.90 Å². The average Bonchev–Trinajstić information content (AvgIpc) is 2.91. The molecule has 0 aromatic heterocycles. The molecule has 1 unspecified atom stereocenters. The first-order valence-electron chi connectivity index (χ1n) is 8.91. The molecular formula is C20H16F6N2O3. The van der Waals surface area contributed by atoms with Crippen molar-refractivity contribution in [1.29, 1.82) is 0 Å². The van der Waals surface area contributed by atoms with Crippen LogP contribution in [0.3, 0.4) is 0 Å². The predicted octanol–water partition coefficient (Wildman–Crippen LogP) is 4.77. The van der Waals surface area contributed by atoms with Crippen LogP contribution in [0.1, 0.15) is 5.56 Å². The minimum absolute atomic E-state index is 0.167. The summed E-state index contributed by atoms with van der Waals surface area (Å²) >= 11 is 0. The summed E-state index contributed by atoms with van der Waals surface area (Å²) < 4.78 is 85.7. The second-order valence-corrected chi connectivity index (χ2v) is 6.77. The van der Waals surface area contributed by atoms with Crippen molar-refractivity contribution >= 4 is 17.6 Å². The van der Waals surface area contributed by atoms with Gasteiger partial charge in [-0.15, -0.1) is 0 Å². The second kappa shape index (κ2) is 8.12. The Hall–Kier alpha value is -3.24. The van der Waals surface area contributed by atoms with Gasteiger partial charge in [0.25, 0.3) is 5.91 Å². The number of methoxy groups -OCH3 is 1. The summed E-state index contributed by atoms with van der Waals surface area (Å²) in [5, 5.41) is 0. The lowest BCUT2D eigenvalue weighted by atomic mass is 9.96. The Morgan fingerprint density at radius 2 is 1.45 bits per heavy atom. The van der Waals surface area contributed by atoms with Gasteiger partial charge in [0.05, 0.1) is 12.8 Å². The minimum Gasteiger partial charge on any atom is -0.497 e. The Morgan fingerprint density at radius 1 is 0.903 bits per heavy atom. The van der Waals surface area contributed by atoms with Crippen molar-refractivity contribution in [3.8, 4) is 5.75 Å². The van der Waals surface area contributed by atoms with E-state index < -0.39 is 42.8 Å². The fourth-order valence-electron chi connectivity index (χ4n) is 3.39. The maximum absolute atomic E-state index is 13.5. The molecule has 1 aliphatic heterocycles. The summed E-state index contributed by atoms with van der Waals surface area (Å²) in [7, 11) is 1.34. The van der Waals surface area contributed by atoms with Crippen LogP contribution in [0, 0.1) is 5.92 Å². The van der Waals surface area contributed by atoms with E-state index in [2.05, 4.69) is 0 Å². The van der Waals surface area contributed by atoms with E-state index >= 15 is 0 Å². The third-order valence-electron chi connectivity index (χ3n) is 4.79. The standard InChI is InChI=1S/C20H16F6N2O3/c1-31-14-9-7-13(8-10-14)28-17(29)15(16(19(21,22)23)20(24,25)26)27(18(28)30)11-12-5-3-2-4-6-12/h2-10,15-16H,11H2,1H3. The monoisotopic (exact) mass is 446 g/mol. The van der Waals surface area contributed by atoms with Gasteiger partial charge in [-0.25, -0.2) is 9.69 Å². The molecule has 0 saturated carbocycles. The van der Waals surface area contributed by atoms with Crippen LogP contribution < -0.4 is 9.64 Å². The maximum Gasteiger partial charge on any atom is 0.403 e. The first kappa shape index (κ1) is 22.4. The van der Waals surface area contributed by atoms with Crippen molar-refractivity contribution in [3.63, 3.8) is 0 Å². The number of ether oxygens (including phenoxy) is 1. The first-order valence-corrected chi connectivity index (χ1v) is 8.91. The lowest BCUT2D eigenvalue weighted by Crippen LogP contribution is -2.53. The molecule has 3 amide bonds. The Balaban J connectivity index is 2.09. The zero-order chi connectivity index (χ0) is 23.0. The molecule has 5 nitrogen and oxygen atoms in total. The Morgan fingerprint density at radius 3 is 1.94 bits per heavy atom. The fourth-order valence-corrected chi connectivity index (χ4v) is 3.39. The number of halogens is 6. The molecule has 0 N–H and O–H groups in total. The molecule has 0 spiro atoms. The highest BCUT2D eigenvalue weighted by atomic mass is 19.4. The molecule has 166 valence electrons. The van der Waals surface area contributed by atoms with E-state index in [1.54, 1.807) is 6.07 Å². The highest BCUT2D eigenvalue weighted by molar-refractivity contribution is 6.21. The second-order valence-electron chi connectivity index (χ2n) is 6.77. The zero-order valence-corrected chi connectivity index (χ0v) is 15.9. The molecule has 1 heterocycles. The molecule has 0 aliphatic carbocycles. The first-order chi connectivity index (χ1) is 14.4. The van der Waals surface area contributed by atoms with E-state index in [1.165, 1.54) is 55.6 Å². The third-order valence-corrected chi connectivity index (χ3v) is 4.79. The largest absolute Gasteiger partial charge is 0.497 e. The van der Waals surface area contributed by atoms with E-state index in [0.717, 1.165) is 0 Å². The van der Waals surface area contributed by atoms with Crippen molar-refractivity contribution in [2.75, 3.05) is 12.0 Å². The molecule has 0 bridgehead atoms. The number of imide groups is 1. The van der Waals surface area contributed by atoms with Crippen molar-refractivity contribution < 1.29 is 40.7 Å². The van der Waals surface area contributed by atoms with Gasteiger partial charge in [-0.2, -0.15) is 26.3 Å². The Bertz CT molecular complexity index is 930. The smallest absolute Gasteiger partial charge is 0.403 e. The van der Waals surface area contributed by atoms with Crippen LogP contribution in [0.2, 0.25) is 0 Å². The lowest BCUT2D eigenvalue weighted by molar-refractivity contribution is -0.293. The molecule has 1 aliphatic rings. The van der Waals surface area contributed by atoms with Crippen molar-refractivity contribution in [3.05, 3.63) is 60.2 Å². The number of rotatable bonds is 5. The summed E-state index contributed by atoms with van der Waals surface area (Å²) in [6.07, 6.45) is -11.6. The number of hydrogen-bond donors (Lipinski definition) is 0. The molecule has 3 rings (SSSR count). The van der Waals surface area contributed by atoms with E-state index in [9.17, 15) is 35.9 Å². The predicted molar refractivity (Wildman–Crippen MR) is 97.2 cm³/mol. The van der Waals surface area contributed by atoms with E-state index in [0.29, 0.717) is 15.5 Å². The molecule has 1 atom stereocenters. The van der Waals surface area contributed by atoms with Crippen LogP contribution in [0.4, 0.5) is 36.8 Å². The highest BCUT2D eigenvalue weighted by Crippen LogP contribution is 2.46. The number of amides is 3. The van der Waals surface area contributed by atoms with Crippen LogP contribution in [0.15, 0.2) is 54.6 Å². The van der Waals surface area contributed by atoms with Gasteiger partial charge in [0.15, 0.2) is 5.92 Å². The van der Waals surface area contributed by atoms with E-state index in [1.807, 2.05) is 0 Å². The quantitative estimate of drug-likeness (QED) is 0.491. The summed E-state index contributed by atoms with van der Waals surface area (Å²) in [5.74, 6) is -5.32. The summed E-state index contributed by atoms with van der Waals surface area (Å²) in [4.78, 5) is 26.4. The fraction of sp³-hybridized carbons (Fsp3) is 0.300. The number of nitrogens with zero attached hydrogens (tertiary/aromatic N) is 2. The van der Waals surface area contributed by atoms with Crippen LogP contribution in [0.25, 0.3) is 0 Å². The normalized spacial score (nSPS) is 17.6. The minimum atomic E-state index is -5.80. The van der Waals surface area contributed by atoms with Gasteiger partial charge in [0.2, 0.25) is 0 Å². The molecule has 2 aromatic rings. The number of anilines is 1. The number of carbonyl (C=O) groups is 2. The number of alkyl halides is 6. The molecule has 1 saturated heterocycles. The summed E-state index contributed by atoms with van der Waals surface area (Å²) in [5.41, 5.74) is 0.104. The van der Waals surface area contributed by atoms with Gasteiger partial charge >= 0.3 is 18.4 Å². The number of benzene rings is 2. The van der Waals surface area contributed by atoms with Gasteiger partial charge in [0.1, 0.15) is 11.8 Å². The van der Waals surface area contributed by atoms with Gasteiger partial charge in [-0.05, 0) is 29.8 Å². The molecule has 2 aromatic carbocycles. The van der Waals surface area contributed by atoms with Crippen molar-refractivity contribution in [2.24, 2.45) is 5.92 Å². The maximum atomic E-state index is 13.5. The van der Waals surface area contributed by atoms with Crippen molar-refractivity contribution in [2.45, 2.75) is 24.9 Å². The van der Waals surface area contributed by atoms with Gasteiger partial charge in [0, 0.05) is 6.54 Å². The number of carbonyl (C=O) groups excluding carboxylic acids is 2. The van der Waals surface area contributed by atoms with E-state index in [-0.39, 0.29) is 11.3 Å². The molecule has 31 heavy (non-hydrogen) atoms. The molecule has 11 heteroatoms. The number of urea groups is 1. The lowest BCUT2D eigenvalue weighted by Gasteiger charge is -2.31. The highest BCUT2D eigenvalue weighted by Gasteiger charge is 2.67. The molecule has 0 radical (unpaired) electrons. The Labute approximate surface area is 172 Å². The summed E-state index contributed by atoms with van der Waals surface area (Å²) in [6.45, 7) is -0.606. The average molecular weight is 446 g/mol. The zero-order valence-electron chi connectivity index (χ0n) is 15.9. The summed E-state index contributed by atoms with van der Waals surface area (Å²) in [6, 6.07) is 8.47. The van der Waals surface area contributed by atoms with Gasteiger partial charge in [-0.3, -0.25) is 4.79 Å². The van der Waals surface area contributed by atoms with Crippen LogP contribution in [0.5, 0.6) is 5.75 Å². The SMILES string of the molecule is COc1ccc(N2C(=O)C(C(C(F)(F)F)C(F)(F)F)N(Cc3ccccc3)C2=O)cc1.